The van der Waals surface area contributed by atoms with Crippen LogP contribution in [0.15, 0.2) is 78.9 Å². The number of hydrogen-bond acceptors (Lipinski definition) is 4. The van der Waals surface area contributed by atoms with E-state index in [4.69, 9.17) is 9.72 Å². The van der Waals surface area contributed by atoms with Crippen molar-refractivity contribution in [2.75, 3.05) is 31.6 Å². The maximum atomic E-state index is 13.8. The van der Waals surface area contributed by atoms with Gasteiger partial charge >= 0.3 is 6.18 Å². The molecule has 0 saturated carbocycles. The van der Waals surface area contributed by atoms with Crippen molar-refractivity contribution in [2.45, 2.75) is 44.7 Å². The number of halogens is 3. The highest BCUT2D eigenvalue weighted by atomic mass is 19.4. The van der Waals surface area contributed by atoms with Gasteiger partial charge in [-0.05, 0) is 67.6 Å². The molecule has 0 bridgehead atoms. The predicted molar refractivity (Wildman–Crippen MR) is 151 cm³/mol. The smallest absolute Gasteiger partial charge is 0.416 e. The van der Waals surface area contributed by atoms with E-state index in [-0.39, 0.29) is 11.7 Å². The lowest BCUT2D eigenvalue weighted by Crippen LogP contribution is -2.35. The molecule has 0 amide bonds. The Balaban J connectivity index is 1.29. The van der Waals surface area contributed by atoms with Crippen molar-refractivity contribution in [3.8, 4) is 5.75 Å². The quantitative estimate of drug-likeness (QED) is 0.247. The molecule has 204 valence electrons. The Kier molecular flexibility index (Phi) is 8.07. The minimum absolute atomic E-state index is 0.174. The monoisotopic (exact) mass is 533 g/mol. The number of rotatable bonds is 8. The Labute approximate surface area is 227 Å². The standard InChI is InChI=1S/C32H34F3N3O/c1-22(2)30-21-31(28-10-6-7-11-29(28)37-30)36-26-18-25(32(33,34)35)19-27(20-26)39-17-16-38-14-12-24(13-15-38)23-8-4-3-5-9-23/h3-11,18-22,24H,12-17H2,1-2H3,(H,36,37). The fraction of sp³-hybridized carbons (Fsp3) is 0.344. The van der Waals surface area contributed by atoms with E-state index in [1.807, 2.05) is 50.2 Å². The van der Waals surface area contributed by atoms with Gasteiger partial charge in [-0.15, -0.1) is 0 Å². The van der Waals surface area contributed by atoms with E-state index in [2.05, 4.69) is 34.5 Å². The van der Waals surface area contributed by atoms with E-state index >= 15 is 0 Å². The molecule has 1 N–H and O–H groups in total. The normalized spacial score (nSPS) is 15.1. The molecule has 0 radical (unpaired) electrons. The summed E-state index contributed by atoms with van der Waals surface area (Å²) in [6.07, 6.45) is -2.35. The average Bonchev–Trinajstić information content (AvgIpc) is 2.93. The summed E-state index contributed by atoms with van der Waals surface area (Å²) in [5, 5.41) is 4.07. The van der Waals surface area contributed by atoms with E-state index < -0.39 is 11.7 Å². The number of piperidine rings is 1. The van der Waals surface area contributed by atoms with Crippen molar-refractivity contribution in [3.05, 3.63) is 95.7 Å². The molecular weight excluding hydrogens is 499 g/mol. The summed E-state index contributed by atoms with van der Waals surface area (Å²) < 4.78 is 47.3. The van der Waals surface area contributed by atoms with Gasteiger partial charge in [0.1, 0.15) is 12.4 Å². The number of nitrogens with one attached hydrogen (secondary N) is 1. The highest BCUT2D eigenvalue weighted by Gasteiger charge is 2.31. The summed E-state index contributed by atoms with van der Waals surface area (Å²) >= 11 is 0. The average molecular weight is 534 g/mol. The molecule has 5 rings (SSSR count). The molecule has 1 aliphatic heterocycles. The molecule has 7 heteroatoms. The highest BCUT2D eigenvalue weighted by molar-refractivity contribution is 5.93. The lowest BCUT2D eigenvalue weighted by molar-refractivity contribution is -0.137. The van der Waals surface area contributed by atoms with Crippen LogP contribution >= 0.6 is 0 Å². The number of ether oxygens (including phenoxy) is 1. The first-order chi connectivity index (χ1) is 18.8. The largest absolute Gasteiger partial charge is 0.492 e. The number of hydrogen-bond donors (Lipinski definition) is 1. The van der Waals surface area contributed by atoms with Crippen molar-refractivity contribution in [3.63, 3.8) is 0 Å². The van der Waals surface area contributed by atoms with Crippen LogP contribution < -0.4 is 10.1 Å². The topological polar surface area (TPSA) is 37.4 Å². The first kappa shape index (κ1) is 27.0. The maximum absolute atomic E-state index is 13.8. The first-order valence-electron chi connectivity index (χ1n) is 13.6. The van der Waals surface area contributed by atoms with Crippen LogP contribution in [-0.2, 0) is 6.18 Å². The number of pyridine rings is 1. The zero-order valence-corrected chi connectivity index (χ0v) is 22.3. The SMILES string of the molecule is CC(C)c1cc(Nc2cc(OCCN3CCC(c4ccccc4)CC3)cc(C(F)(F)F)c2)c2ccccc2n1. The second-order valence-electron chi connectivity index (χ2n) is 10.5. The number of alkyl halides is 3. The molecule has 1 aliphatic rings. The molecule has 0 unspecified atom stereocenters. The van der Waals surface area contributed by atoms with E-state index in [9.17, 15) is 13.2 Å². The molecule has 0 aliphatic carbocycles. The molecule has 0 spiro atoms. The number of fused-ring (bicyclic) bond motifs is 1. The van der Waals surface area contributed by atoms with Crippen LogP contribution in [0, 0.1) is 0 Å². The minimum atomic E-state index is -4.49. The number of nitrogens with zero attached hydrogens (tertiary/aromatic N) is 2. The maximum Gasteiger partial charge on any atom is 0.416 e. The van der Waals surface area contributed by atoms with Crippen LogP contribution in [0.2, 0.25) is 0 Å². The van der Waals surface area contributed by atoms with E-state index in [0.717, 1.165) is 60.3 Å². The zero-order valence-electron chi connectivity index (χ0n) is 22.3. The van der Waals surface area contributed by atoms with Crippen molar-refractivity contribution < 1.29 is 17.9 Å². The third kappa shape index (κ3) is 6.71. The minimum Gasteiger partial charge on any atom is -0.492 e. The lowest BCUT2D eigenvalue weighted by atomic mass is 9.89. The molecule has 2 heterocycles. The fourth-order valence-electron chi connectivity index (χ4n) is 5.18. The Bertz CT molecular complexity index is 1400. The van der Waals surface area contributed by atoms with Gasteiger partial charge in [-0.25, -0.2) is 0 Å². The zero-order chi connectivity index (χ0) is 27.4. The Hall–Kier alpha value is -3.58. The van der Waals surface area contributed by atoms with Crippen LogP contribution in [0.3, 0.4) is 0 Å². The van der Waals surface area contributed by atoms with Crippen LogP contribution in [0.4, 0.5) is 24.5 Å². The summed E-state index contributed by atoms with van der Waals surface area (Å²) in [5.74, 6) is 0.934. The lowest BCUT2D eigenvalue weighted by Gasteiger charge is -2.32. The third-order valence-corrected chi connectivity index (χ3v) is 7.38. The van der Waals surface area contributed by atoms with Gasteiger partial charge in [0.05, 0.1) is 11.1 Å². The Morgan fingerprint density at radius 3 is 2.38 bits per heavy atom. The first-order valence-corrected chi connectivity index (χ1v) is 13.6. The molecule has 1 fully saturated rings. The molecule has 1 saturated heterocycles. The number of aromatic nitrogens is 1. The van der Waals surface area contributed by atoms with E-state index in [1.165, 1.54) is 5.56 Å². The van der Waals surface area contributed by atoms with Gasteiger partial charge in [-0.2, -0.15) is 13.2 Å². The summed E-state index contributed by atoms with van der Waals surface area (Å²) in [4.78, 5) is 7.03. The fourth-order valence-corrected chi connectivity index (χ4v) is 5.18. The molecule has 4 aromatic rings. The van der Waals surface area contributed by atoms with Gasteiger partial charge in [-0.1, -0.05) is 62.4 Å². The van der Waals surface area contributed by atoms with Crippen molar-refractivity contribution in [1.29, 1.82) is 0 Å². The molecule has 1 aromatic heterocycles. The summed E-state index contributed by atoms with van der Waals surface area (Å²) in [5.41, 5.74) is 3.35. The third-order valence-electron chi connectivity index (χ3n) is 7.38. The predicted octanol–water partition coefficient (Wildman–Crippen LogP) is 8.38. The summed E-state index contributed by atoms with van der Waals surface area (Å²) in [6.45, 7) is 6.99. The molecule has 3 aromatic carbocycles. The molecular formula is C32H34F3N3O. The van der Waals surface area contributed by atoms with E-state index in [1.54, 1.807) is 6.07 Å². The number of benzene rings is 3. The van der Waals surface area contributed by atoms with Gasteiger partial charge in [0, 0.05) is 35.1 Å². The van der Waals surface area contributed by atoms with Crippen molar-refractivity contribution in [1.82, 2.24) is 9.88 Å². The van der Waals surface area contributed by atoms with Crippen LogP contribution in [0.25, 0.3) is 10.9 Å². The Morgan fingerprint density at radius 2 is 1.67 bits per heavy atom. The van der Waals surface area contributed by atoms with Crippen molar-refractivity contribution in [2.24, 2.45) is 0 Å². The van der Waals surface area contributed by atoms with Gasteiger partial charge in [-0.3, -0.25) is 9.88 Å². The molecule has 0 atom stereocenters. The van der Waals surface area contributed by atoms with Gasteiger partial charge in [0.25, 0.3) is 0 Å². The van der Waals surface area contributed by atoms with Gasteiger partial charge in [0.15, 0.2) is 0 Å². The van der Waals surface area contributed by atoms with Crippen LogP contribution in [-0.4, -0.2) is 36.1 Å². The van der Waals surface area contributed by atoms with Crippen molar-refractivity contribution >= 4 is 22.3 Å². The number of para-hydroxylation sites is 1. The number of anilines is 2. The second kappa shape index (κ2) is 11.7. The Morgan fingerprint density at radius 1 is 0.949 bits per heavy atom. The molecule has 4 nitrogen and oxygen atoms in total. The van der Waals surface area contributed by atoms with Gasteiger partial charge < -0.3 is 10.1 Å². The highest BCUT2D eigenvalue weighted by Crippen LogP contribution is 2.36. The van der Waals surface area contributed by atoms with Gasteiger partial charge in [0.2, 0.25) is 0 Å². The summed E-state index contributed by atoms with van der Waals surface area (Å²) in [6, 6.07) is 23.9. The second-order valence-corrected chi connectivity index (χ2v) is 10.5. The van der Waals surface area contributed by atoms with Crippen LogP contribution in [0.1, 0.15) is 55.3 Å². The number of likely N-dealkylation sites (tertiary alicyclic amines) is 1. The van der Waals surface area contributed by atoms with E-state index in [0.29, 0.717) is 24.8 Å². The molecule has 39 heavy (non-hydrogen) atoms. The summed E-state index contributed by atoms with van der Waals surface area (Å²) in [7, 11) is 0. The van der Waals surface area contributed by atoms with Crippen LogP contribution in [0.5, 0.6) is 5.75 Å².